The lowest BCUT2D eigenvalue weighted by molar-refractivity contribution is 1.18. The maximum atomic E-state index is 5.27. The fourth-order valence-electron chi connectivity index (χ4n) is 7.38. The van der Waals surface area contributed by atoms with Gasteiger partial charge in [0.2, 0.25) is 0 Å². The first-order chi connectivity index (χ1) is 27.7. The van der Waals surface area contributed by atoms with Gasteiger partial charge in [0, 0.05) is 38.6 Å². The molecule has 10 aromatic rings. The molecule has 7 aromatic carbocycles. The van der Waals surface area contributed by atoms with Crippen molar-refractivity contribution in [3.63, 3.8) is 0 Å². The molecule has 0 bridgehead atoms. The van der Waals surface area contributed by atoms with Gasteiger partial charge in [0.1, 0.15) is 0 Å². The van der Waals surface area contributed by atoms with Gasteiger partial charge in [-0.1, -0.05) is 188 Å². The second kappa shape index (κ2) is 14.3. The molecule has 3 heterocycles. The van der Waals surface area contributed by atoms with Gasteiger partial charge in [-0.2, -0.15) is 0 Å². The first-order valence-electron chi connectivity index (χ1n) is 18.8. The zero-order valence-electron chi connectivity index (χ0n) is 30.4. The third kappa shape index (κ3) is 6.40. The molecule has 262 valence electrons. The van der Waals surface area contributed by atoms with Crippen LogP contribution in [-0.2, 0) is 0 Å². The van der Waals surface area contributed by atoms with E-state index in [2.05, 4.69) is 164 Å². The predicted octanol–water partition coefficient (Wildman–Crippen LogP) is 13.2. The highest BCUT2D eigenvalue weighted by atomic mass is 14.9. The number of rotatable bonds is 7. The van der Waals surface area contributed by atoms with Crippen LogP contribution in [0, 0.1) is 0 Å². The lowest BCUT2D eigenvalue weighted by Crippen LogP contribution is -1.96. The van der Waals surface area contributed by atoms with Crippen molar-refractivity contribution in [1.29, 1.82) is 0 Å². The van der Waals surface area contributed by atoms with E-state index >= 15 is 0 Å². The van der Waals surface area contributed by atoms with Crippen LogP contribution in [0.15, 0.2) is 206 Å². The van der Waals surface area contributed by atoms with Crippen LogP contribution in [0.5, 0.6) is 0 Å². The molecular formula is C52H34N4. The van der Waals surface area contributed by atoms with Crippen LogP contribution in [0.1, 0.15) is 0 Å². The van der Waals surface area contributed by atoms with Gasteiger partial charge in [-0.05, 0) is 40.5 Å². The highest BCUT2D eigenvalue weighted by Crippen LogP contribution is 2.36. The summed E-state index contributed by atoms with van der Waals surface area (Å²) in [7, 11) is 0. The van der Waals surface area contributed by atoms with Crippen molar-refractivity contribution in [2.45, 2.75) is 0 Å². The van der Waals surface area contributed by atoms with Crippen molar-refractivity contribution in [2.75, 3.05) is 0 Å². The summed E-state index contributed by atoms with van der Waals surface area (Å²) in [6.45, 7) is 0. The maximum absolute atomic E-state index is 5.27. The molecule has 0 spiro atoms. The van der Waals surface area contributed by atoms with Gasteiger partial charge in [0.25, 0.3) is 0 Å². The molecule has 0 aliphatic rings. The monoisotopic (exact) mass is 714 g/mol. The highest BCUT2D eigenvalue weighted by Gasteiger charge is 2.15. The van der Waals surface area contributed by atoms with Crippen LogP contribution < -0.4 is 0 Å². The topological polar surface area (TPSA) is 51.6 Å². The first-order valence-corrected chi connectivity index (χ1v) is 18.8. The van der Waals surface area contributed by atoms with E-state index < -0.39 is 0 Å². The second-order valence-electron chi connectivity index (χ2n) is 13.9. The summed E-state index contributed by atoms with van der Waals surface area (Å²) in [4.78, 5) is 20.5. The van der Waals surface area contributed by atoms with Crippen LogP contribution in [0.4, 0.5) is 0 Å². The Morgan fingerprint density at radius 1 is 0.250 bits per heavy atom. The Kier molecular flexibility index (Phi) is 8.47. The average Bonchev–Trinajstić information content (AvgIpc) is 3.29. The Hall–Kier alpha value is -7.56. The van der Waals surface area contributed by atoms with Crippen LogP contribution >= 0.6 is 0 Å². The Morgan fingerprint density at radius 2 is 0.661 bits per heavy atom. The minimum absolute atomic E-state index is 0.697. The molecule has 0 saturated heterocycles. The Bertz CT molecular complexity index is 2910. The lowest BCUT2D eigenvalue weighted by Gasteiger charge is -2.13. The number of pyridine rings is 2. The van der Waals surface area contributed by atoms with Gasteiger partial charge in [0.15, 0.2) is 5.82 Å². The fourth-order valence-corrected chi connectivity index (χ4v) is 7.38. The highest BCUT2D eigenvalue weighted by molar-refractivity contribution is 6.09. The minimum atomic E-state index is 0.697. The van der Waals surface area contributed by atoms with E-state index in [0.29, 0.717) is 5.82 Å². The Morgan fingerprint density at radius 3 is 1.20 bits per heavy atom. The van der Waals surface area contributed by atoms with Crippen LogP contribution in [-0.4, -0.2) is 19.9 Å². The number of hydrogen-bond donors (Lipinski definition) is 0. The molecule has 0 aliphatic carbocycles. The quantitative estimate of drug-likeness (QED) is 0.154. The fraction of sp³-hybridized carbons (Fsp3) is 0. The van der Waals surface area contributed by atoms with E-state index in [9.17, 15) is 0 Å². The molecule has 0 atom stereocenters. The molecule has 0 unspecified atom stereocenters. The maximum Gasteiger partial charge on any atom is 0.160 e. The molecule has 56 heavy (non-hydrogen) atoms. The molecule has 0 saturated carbocycles. The molecule has 10 rings (SSSR count). The first kappa shape index (κ1) is 33.0. The zero-order valence-corrected chi connectivity index (χ0v) is 30.4. The second-order valence-corrected chi connectivity index (χ2v) is 13.9. The van der Waals surface area contributed by atoms with Gasteiger partial charge >= 0.3 is 0 Å². The Balaban J connectivity index is 0.990. The van der Waals surface area contributed by atoms with Crippen molar-refractivity contribution in [2.24, 2.45) is 0 Å². The summed E-state index contributed by atoms with van der Waals surface area (Å²) in [5, 5.41) is 2.14. The zero-order chi connectivity index (χ0) is 37.3. The lowest BCUT2D eigenvalue weighted by atomic mass is 9.96. The number of nitrogens with zero attached hydrogens (tertiary/aromatic N) is 4. The van der Waals surface area contributed by atoms with E-state index in [1.165, 1.54) is 0 Å². The van der Waals surface area contributed by atoms with Crippen molar-refractivity contribution >= 4 is 21.8 Å². The third-order valence-electron chi connectivity index (χ3n) is 10.3. The van der Waals surface area contributed by atoms with Crippen LogP contribution in [0.2, 0.25) is 0 Å². The molecule has 0 fully saturated rings. The summed E-state index contributed by atoms with van der Waals surface area (Å²) < 4.78 is 0. The van der Waals surface area contributed by atoms with Gasteiger partial charge < -0.3 is 0 Å². The molecular weight excluding hydrogens is 681 g/mol. The van der Waals surface area contributed by atoms with Gasteiger partial charge in [-0.3, -0.25) is 0 Å². The SMILES string of the molecule is c1ccc(-c2cc(-c3ccccc3)nc(-c3ccc(-c4ccc(-c5ccc6ccc7c(-c8ccccc8)cc(-c8ccccc8)nc7c6n5)cc4)cc3)n2)cc1. The van der Waals surface area contributed by atoms with E-state index in [-0.39, 0.29) is 0 Å². The third-order valence-corrected chi connectivity index (χ3v) is 10.3. The Labute approximate surface area is 325 Å². The number of hydrogen-bond acceptors (Lipinski definition) is 4. The van der Waals surface area contributed by atoms with Crippen molar-refractivity contribution in [3.8, 4) is 78.7 Å². The molecule has 4 heteroatoms. The molecule has 0 radical (unpaired) electrons. The molecule has 0 aliphatic heterocycles. The van der Waals surface area contributed by atoms with Crippen molar-refractivity contribution < 1.29 is 0 Å². The van der Waals surface area contributed by atoms with E-state index in [1.54, 1.807) is 0 Å². The smallest absolute Gasteiger partial charge is 0.160 e. The van der Waals surface area contributed by atoms with Crippen LogP contribution in [0.25, 0.3) is 100 Å². The summed E-state index contributed by atoms with van der Waals surface area (Å²) in [6, 6.07) is 71.5. The summed E-state index contributed by atoms with van der Waals surface area (Å²) in [5.41, 5.74) is 15.2. The van der Waals surface area contributed by atoms with Crippen molar-refractivity contribution in [3.05, 3.63) is 206 Å². The van der Waals surface area contributed by atoms with Crippen molar-refractivity contribution in [1.82, 2.24) is 19.9 Å². The standard InChI is InChI=1S/C52H34N4/c1-5-13-37(14-6-1)45-33-47(38-15-7-2-8-16-38)54-51-44(45)31-29-42-30-32-46(53-50(42)51)41-25-21-35(22-26-41)36-23-27-43(28-24-36)52-55-48(39-17-9-3-10-18-39)34-49(56-52)40-19-11-4-12-20-40/h1-34H. The predicted molar refractivity (Wildman–Crippen MR) is 231 cm³/mol. The summed E-state index contributed by atoms with van der Waals surface area (Å²) in [5.74, 6) is 0.697. The molecule has 0 N–H and O–H groups in total. The molecule has 4 nitrogen and oxygen atoms in total. The van der Waals surface area contributed by atoms with Crippen LogP contribution in [0.3, 0.4) is 0 Å². The number of aromatic nitrogens is 4. The van der Waals surface area contributed by atoms with E-state index in [4.69, 9.17) is 19.9 Å². The molecule has 0 amide bonds. The van der Waals surface area contributed by atoms with E-state index in [1.807, 2.05) is 42.5 Å². The van der Waals surface area contributed by atoms with Gasteiger partial charge in [-0.25, -0.2) is 19.9 Å². The minimum Gasteiger partial charge on any atom is -0.245 e. The number of benzene rings is 7. The molecule has 3 aromatic heterocycles. The number of fused-ring (bicyclic) bond motifs is 3. The average molecular weight is 715 g/mol. The van der Waals surface area contributed by atoms with E-state index in [0.717, 1.165) is 94.7 Å². The largest absolute Gasteiger partial charge is 0.245 e. The van der Waals surface area contributed by atoms with Gasteiger partial charge in [-0.15, -0.1) is 0 Å². The summed E-state index contributed by atoms with van der Waals surface area (Å²) in [6.07, 6.45) is 0. The normalized spacial score (nSPS) is 11.2. The van der Waals surface area contributed by atoms with Gasteiger partial charge in [0.05, 0.1) is 33.8 Å². The summed E-state index contributed by atoms with van der Waals surface area (Å²) >= 11 is 0.